The van der Waals surface area contributed by atoms with Gasteiger partial charge in [0, 0.05) is 23.7 Å². The van der Waals surface area contributed by atoms with Crippen molar-refractivity contribution in [3.8, 4) is 0 Å². The zero-order valence-corrected chi connectivity index (χ0v) is 15.5. The molecule has 1 atom stereocenters. The Kier molecular flexibility index (Phi) is 6.33. The first-order valence-corrected chi connectivity index (χ1v) is 9.05. The second kappa shape index (κ2) is 7.42. The van der Waals surface area contributed by atoms with E-state index in [0.29, 0.717) is 17.8 Å². The van der Waals surface area contributed by atoms with Crippen molar-refractivity contribution in [1.29, 1.82) is 0 Å². The Labute approximate surface area is 139 Å². The highest BCUT2D eigenvalue weighted by Crippen LogP contribution is 2.24. The molecule has 0 aliphatic rings. The van der Waals surface area contributed by atoms with Crippen molar-refractivity contribution in [2.24, 2.45) is 5.92 Å². The van der Waals surface area contributed by atoms with Crippen LogP contribution in [0.4, 0.5) is 5.69 Å². The molecule has 1 rings (SSSR count). The van der Waals surface area contributed by atoms with Gasteiger partial charge in [-0.2, -0.15) is 0 Å². The molecule has 0 spiro atoms. The number of hydrogen-bond donors (Lipinski definition) is 3. The average molecular weight is 341 g/mol. The maximum atomic E-state index is 12.5. The van der Waals surface area contributed by atoms with E-state index in [1.54, 1.807) is 46.9 Å². The van der Waals surface area contributed by atoms with Gasteiger partial charge in [-0.1, -0.05) is 13.0 Å². The number of amides is 1. The van der Waals surface area contributed by atoms with Crippen LogP contribution in [0.15, 0.2) is 23.1 Å². The second-order valence-corrected chi connectivity index (χ2v) is 8.38. The monoisotopic (exact) mass is 341 g/mol. The normalized spacial score (nSPS) is 13.7. The van der Waals surface area contributed by atoms with Crippen molar-refractivity contribution in [3.05, 3.63) is 23.8 Å². The third-order valence-corrected chi connectivity index (χ3v) is 5.13. The SMILES string of the molecule is CNCC(C)C(=O)Nc1cccc(S(=O)(=O)NC(C)(C)C)c1C. The summed E-state index contributed by atoms with van der Waals surface area (Å²) in [5.41, 5.74) is 0.454. The van der Waals surface area contributed by atoms with Crippen molar-refractivity contribution in [2.75, 3.05) is 18.9 Å². The zero-order valence-electron chi connectivity index (χ0n) is 14.6. The lowest BCUT2D eigenvalue weighted by molar-refractivity contribution is -0.119. The maximum absolute atomic E-state index is 12.5. The summed E-state index contributed by atoms with van der Waals surface area (Å²) in [6.07, 6.45) is 0. The van der Waals surface area contributed by atoms with E-state index < -0.39 is 15.6 Å². The number of rotatable bonds is 6. The molecule has 6 nitrogen and oxygen atoms in total. The number of carbonyl (C=O) groups excluding carboxylic acids is 1. The summed E-state index contributed by atoms with van der Waals surface area (Å²) in [7, 11) is -1.87. The van der Waals surface area contributed by atoms with Gasteiger partial charge in [0.15, 0.2) is 0 Å². The molecule has 3 N–H and O–H groups in total. The van der Waals surface area contributed by atoms with Crippen LogP contribution in [0.25, 0.3) is 0 Å². The summed E-state index contributed by atoms with van der Waals surface area (Å²) >= 11 is 0. The molecule has 23 heavy (non-hydrogen) atoms. The molecule has 0 aliphatic heterocycles. The van der Waals surface area contributed by atoms with Crippen LogP contribution in [0.5, 0.6) is 0 Å². The molecule has 1 amide bonds. The van der Waals surface area contributed by atoms with Crippen LogP contribution in [-0.4, -0.2) is 33.5 Å². The maximum Gasteiger partial charge on any atom is 0.241 e. The van der Waals surface area contributed by atoms with Gasteiger partial charge in [-0.15, -0.1) is 0 Å². The first-order chi connectivity index (χ1) is 10.5. The number of carbonyl (C=O) groups is 1. The Morgan fingerprint density at radius 1 is 1.26 bits per heavy atom. The molecular weight excluding hydrogens is 314 g/mol. The van der Waals surface area contributed by atoms with Crippen LogP contribution < -0.4 is 15.4 Å². The molecule has 0 bridgehead atoms. The van der Waals surface area contributed by atoms with E-state index in [-0.39, 0.29) is 16.7 Å². The van der Waals surface area contributed by atoms with Crippen molar-refractivity contribution >= 4 is 21.6 Å². The number of benzene rings is 1. The topological polar surface area (TPSA) is 87.3 Å². The van der Waals surface area contributed by atoms with E-state index in [1.165, 1.54) is 6.07 Å². The summed E-state index contributed by atoms with van der Waals surface area (Å²) in [4.78, 5) is 12.3. The van der Waals surface area contributed by atoms with E-state index in [2.05, 4.69) is 15.4 Å². The molecule has 0 heterocycles. The van der Waals surface area contributed by atoms with Crippen LogP contribution in [0.2, 0.25) is 0 Å². The van der Waals surface area contributed by atoms with Crippen LogP contribution in [0.3, 0.4) is 0 Å². The van der Waals surface area contributed by atoms with Crippen molar-refractivity contribution in [1.82, 2.24) is 10.0 Å². The summed E-state index contributed by atoms with van der Waals surface area (Å²) in [6.45, 7) is 9.40. The summed E-state index contributed by atoms with van der Waals surface area (Å²) in [5.74, 6) is -0.367. The molecule has 0 saturated carbocycles. The van der Waals surface area contributed by atoms with E-state index >= 15 is 0 Å². The summed E-state index contributed by atoms with van der Waals surface area (Å²) < 4.78 is 27.6. The Bertz CT molecular complexity index is 664. The Balaban J connectivity index is 3.10. The molecule has 1 aromatic rings. The lowest BCUT2D eigenvalue weighted by atomic mass is 10.1. The number of sulfonamides is 1. The lowest BCUT2D eigenvalue weighted by Gasteiger charge is -2.22. The van der Waals surface area contributed by atoms with Gasteiger partial charge >= 0.3 is 0 Å². The van der Waals surface area contributed by atoms with E-state index in [4.69, 9.17) is 0 Å². The van der Waals surface area contributed by atoms with Crippen LogP contribution in [-0.2, 0) is 14.8 Å². The Morgan fingerprint density at radius 2 is 1.87 bits per heavy atom. The van der Waals surface area contributed by atoms with Crippen molar-refractivity contribution in [2.45, 2.75) is 45.1 Å². The fraction of sp³-hybridized carbons (Fsp3) is 0.562. The van der Waals surface area contributed by atoms with Gasteiger partial charge in [-0.3, -0.25) is 4.79 Å². The van der Waals surface area contributed by atoms with Crippen LogP contribution in [0.1, 0.15) is 33.3 Å². The predicted octanol–water partition coefficient (Wildman–Crippen LogP) is 1.87. The fourth-order valence-electron chi connectivity index (χ4n) is 2.15. The van der Waals surface area contributed by atoms with Crippen molar-refractivity contribution in [3.63, 3.8) is 0 Å². The molecule has 1 unspecified atom stereocenters. The van der Waals surface area contributed by atoms with E-state index in [0.717, 1.165) is 0 Å². The van der Waals surface area contributed by atoms with Gasteiger partial charge in [0.1, 0.15) is 0 Å². The highest BCUT2D eigenvalue weighted by atomic mass is 32.2. The summed E-state index contributed by atoms with van der Waals surface area (Å²) in [5, 5.41) is 5.74. The third-order valence-electron chi connectivity index (χ3n) is 3.23. The molecule has 7 heteroatoms. The second-order valence-electron chi connectivity index (χ2n) is 6.73. The quantitative estimate of drug-likeness (QED) is 0.737. The molecular formula is C16H27N3O3S. The van der Waals surface area contributed by atoms with E-state index in [9.17, 15) is 13.2 Å². The van der Waals surface area contributed by atoms with Gasteiger partial charge in [0.2, 0.25) is 15.9 Å². The van der Waals surface area contributed by atoms with Gasteiger partial charge in [-0.05, 0) is 52.4 Å². The minimum Gasteiger partial charge on any atom is -0.326 e. The highest BCUT2D eigenvalue weighted by Gasteiger charge is 2.25. The van der Waals surface area contributed by atoms with Gasteiger partial charge in [0.05, 0.1) is 4.90 Å². The molecule has 0 fully saturated rings. The smallest absolute Gasteiger partial charge is 0.241 e. The highest BCUT2D eigenvalue weighted by molar-refractivity contribution is 7.89. The largest absolute Gasteiger partial charge is 0.326 e. The van der Waals surface area contributed by atoms with Gasteiger partial charge in [0.25, 0.3) is 0 Å². The standard InChI is InChI=1S/C16H27N3O3S/c1-11(10-17-6)15(20)18-13-8-7-9-14(12(13)2)23(21,22)19-16(3,4)5/h7-9,11,17,19H,10H2,1-6H3,(H,18,20). The van der Waals surface area contributed by atoms with Gasteiger partial charge < -0.3 is 10.6 Å². The van der Waals surface area contributed by atoms with Gasteiger partial charge in [-0.25, -0.2) is 13.1 Å². The first-order valence-electron chi connectivity index (χ1n) is 7.57. The molecule has 0 saturated heterocycles. The molecule has 0 radical (unpaired) electrons. The summed E-state index contributed by atoms with van der Waals surface area (Å²) in [6, 6.07) is 4.87. The number of hydrogen-bond acceptors (Lipinski definition) is 4. The van der Waals surface area contributed by atoms with Crippen molar-refractivity contribution < 1.29 is 13.2 Å². The Morgan fingerprint density at radius 3 is 2.39 bits per heavy atom. The van der Waals surface area contributed by atoms with Crippen LogP contribution >= 0.6 is 0 Å². The fourth-order valence-corrected chi connectivity index (χ4v) is 3.84. The lowest BCUT2D eigenvalue weighted by Crippen LogP contribution is -2.40. The third kappa shape index (κ3) is 5.60. The van der Waals surface area contributed by atoms with Crippen LogP contribution in [0, 0.1) is 12.8 Å². The number of nitrogens with one attached hydrogen (secondary N) is 3. The average Bonchev–Trinajstić information content (AvgIpc) is 2.38. The molecule has 1 aromatic carbocycles. The minimum atomic E-state index is -3.65. The van der Waals surface area contributed by atoms with E-state index in [1.807, 2.05) is 6.92 Å². The number of anilines is 1. The predicted molar refractivity (Wildman–Crippen MR) is 93.0 cm³/mol. The Hall–Kier alpha value is -1.44. The minimum absolute atomic E-state index is 0.152. The zero-order chi connectivity index (χ0) is 17.8. The first kappa shape index (κ1) is 19.6. The molecule has 0 aromatic heterocycles. The molecule has 0 aliphatic carbocycles. The molecule has 130 valence electrons.